The molecule has 0 aliphatic carbocycles. The molecule has 0 bridgehead atoms. The summed E-state index contributed by atoms with van der Waals surface area (Å²) in [7, 11) is 0. The molecule has 0 aromatic heterocycles. The summed E-state index contributed by atoms with van der Waals surface area (Å²) < 4.78 is 0. The summed E-state index contributed by atoms with van der Waals surface area (Å²) in [6, 6.07) is 19.6. The number of amides is 2. The highest BCUT2D eigenvalue weighted by molar-refractivity contribution is 5.90. The minimum absolute atomic E-state index is 0.245. The average molecular weight is 352 g/mol. The van der Waals surface area contributed by atoms with Crippen molar-refractivity contribution in [2.24, 2.45) is 11.5 Å². The molecule has 2 aromatic carbocycles. The van der Waals surface area contributed by atoms with Crippen molar-refractivity contribution in [2.45, 2.75) is 50.4 Å². The van der Waals surface area contributed by atoms with Crippen molar-refractivity contribution in [3.63, 3.8) is 0 Å². The van der Waals surface area contributed by atoms with Crippen LogP contribution in [0.2, 0.25) is 0 Å². The molecule has 2 aromatic rings. The van der Waals surface area contributed by atoms with Crippen LogP contribution in [0.1, 0.15) is 56.1 Å². The van der Waals surface area contributed by atoms with Crippen LogP contribution < -0.4 is 11.5 Å². The molecule has 138 valence electrons. The van der Waals surface area contributed by atoms with E-state index in [0.29, 0.717) is 12.8 Å². The molecule has 26 heavy (non-hydrogen) atoms. The molecule has 2 amide bonds. The first-order valence-electron chi connectivity index (χ1n) is 9.26. The predicted octanol–water partition coefficient (Wildman–Crippen LogP) is 3.67. The molecule has 0 saturated heterocycles. The highest BCUT2D eigenvalue weighted by Gasteiger charge is 2.39. The van der Waals surface area contributed by atoms with Crippen LogP contribution in [0, 0.1) is 0 Å². The summed E-state index contributed by atoms with van der Waals surface area (Å²) in [6.45, 7) is 0. The molecule has 0 aliphatic heterocycles. The summed E-state index contributed by atoms with van der Waals surface area (Å²) in [6.07, 6.45) is 5.82. The van der Waals surface area contributed by atoms with Crippen molar-refractivity contribution < 1.29 is 9.59 Å². The van der Waals surface area contributed by atoms with Gasteiger partial charge in [0.25, 0.3) is 0 Å². The molecule has 0 atom stereocenters. The van der Waals surface area contributed by atoms with Gasteiger partial charge in [0.05, 0.1) is 5.41 Å². The molecule has 0 aliphatic rings. The number of carbonyl (C=O) groups excluding carboxylic acids is 2. The second-order valence-electron chi connectivity index (χ2n) is 6.74. The lowest BCUT2D eigenvalue weighted by Gasteiger charge is -2.32. The Morgan fingerprint density at radius 3 is 1.62 bits per heavy atom. The quantitative estimate of drug-likeness (QED) is 0.605. The third-order valence-electron chi connectivity index (χ3n) is 4.93. The lowest BCUT2D eigenvalue weighted by Crippen LogP contribution is -2.42. The molecule has 0 fully saturated rings. The molecule has 2 rings (SSSR count). The van der Waals surface area contributed by atoms with Crippen molar-refractivity contribution in [1.82, 2.24) is 0 Å². The molecular weight excluding hydrogens is 324 g/mol. The standard InChI is InChI=1S/C22H28N2O2/c23-20(25)16-10-2-1-3-11-17-22(21(24)26,18-12-6-4-7-13-18)19-14-8-5-9-15-19/h4-9,12-15H,1-3,10-11,16-17H2,(H2,23,25)(H2,24,26). The second kappa shape index (κ2) is 9.76. The van der Waals surface area contributed by atoms with Crippen LogP contribution in [0.5, 0.6) is 0 Å². The SMILES string of the molecule is NC(=O)CCCCCCCC(C(N)=O)(c1ccccc1)c1ccccc1. The van der Waals surface area contributed by atoms with E-state index in [-0.39, 0.29) is 11.8 Å². The zero-order chi connectivity index (χ0) is 18.8. The number of rotatable bonds is 11. The van der Waals surface area contributed by atoms with Gasteiger partial charge in [-0.2, -0.15) is 0 Å². The molecule has 0 heterocycles. The van der Waals surface area contributed by atoms with Crippen molar-refractivity contribution in [3.05, 3.63) is 71.8 Å². The maximum Gasteiger partial charge on any atom is 0.232 e. The summed E-state index contributed by atoms with van der Waals surface area (Å²) in [5.41, 5.74) is 12.2. The predicted molar refractivity (Wildman–Crippen MR) is 104 cm³/mol. The summed E-state index contributed by atoms with van der Waals surface area (Å²) >= 11 is 0. The highest BCUT2D eigenvalue weighted by Crippen LogP contribution is 2.37. The van der Waals surface area contributed by atoms with Gasteiger partial charge < -0.3 is 11.5 Å². The molecule has 0 saturated carbocycles. The summed E-state index contributed by atoms with van der Waals surface area (Å²) in [4.78, 5) is 23.4. The van der Waals surface area contributed by atoms with Crippen LogP contribution >= 0.6 is 0 Å². The van der Waals surface area contributed by atoms with E-state index in [2.05, 4.69) is 0 Å². The number of unbranched alkanes of at least 4 members (excludes halogenated alkanes) is 4. The molecule has 0 radical (unpaired) electrons. The molecule has 4 heteroatoms. The van der Waals surface area contributed by atoms with Crippen LogP contribution in [0.3, 0.4) is 0 Å². The number of hydrogen-bond acceptors (Lipinski definition) is 2. The number of primary amides is 2. The summed E-state index contributed by atoms with van der Waals surface area (Å²) in [5, 5.41) is 0. The van der Waals surface area contributed by atoms with Gasteiger partial charge in [-0.25, -0.2) is 0 Å². The van der Waals surface area contributed by atoms with Gasteiger partial charge in [0.1, 0.15) is 0 Å². The fourth-order valence-electron chi connectivity index (χ4n) is 3.53. The number of nitrogens with two attached hydrogens (primary N) is 2. The first kappa shape index (κ1) is 19.7. The first-order chi connectivity index (χ1) is 12.6. The van der Waals surface area contributed by atoms with Crippen molar-refractivity contribution in [1.29, 1.82) is 0 Å². The fraction of sp³-hybridized carbons (Fsp3) is 0.364. The van der Waals surface area contributed by atoms with Gasteiger partial charge in [0, 0.05) is 6.42 Å². The van der Waals surface area contributed by atoms with Gasteiger partial charge in [-0.05, 0) is 24.0 Å². The van der Waals surface area contributed by atoms with Gasteiger partial charge >= 0.3 is 0 Å². The summed E-state index contributed by atoms with van der Waals surface area (Å²) in [5.74, 6) is -0.561. The Balaban J connectivity index is 2.12. The maximum absolute atomic E-state index is 12.6. The number of benzene rings is 2. The van der Waals surface area contributed by atoms with Crippen LogP contribution in [0.15, 0.2) is 60.7 Å². The van der Waals surface area contributed by atoms with Gasteiger partial charge in [0.2, 0.25) is 11.8 Å². The van der Waals surface area contributed by atoms with E-state index < -0.39 is 5.41 Å². The molecule has 0 spiro atoms. The maximum atomic E-state index is 12.6. The van der Waals surface area contributed by atoms with Gasteiger partial charge in [0.15, 0.2) is 0 Å². The minimum atomic E-state index is -0.810. The molecular formula is C22H28N2O2. The lowest BCUT2D eigenvalue weighted by atomic mass is 9.70. The zero-order valence-corrected chi connectivity index (χ0v) is 15.2. The third-order valence-corrected chi connectivity index (χ3v) is 4.93. The van der Waals surface area contributed by atoms with Gasteiger partial charge in [-0.3, -0.25) is 9.59 Å². The van der Waals surface area contributed by atoms with Gasteiger partial charge in [-0.1, -0.05) is 86.3 Å². The Morgan fingerprint density at radius 2 is 1.15 bits per heavy atom. The highest BCUT2D eigenvalue weighted by atomic mass is 16.1. The van der Waals surface area contributed by atoms with Crippen LogP contribution in [0.25, 0.3) is 0 Å². The monoisotopic (exact) mass is 352 g/mol. The number of carbonyl (C=O) groups is 2. The van der Waals surface area contributed by atoms with E-state index in [1.807, 2.05) is 60.7 Å². The van der Waals surface area contributed by atoms with E-state index in [9.17, 15) is 9.59 Å². The van der Waals surface area contributed by atoms with E-state index >= 15 is 0 Å². The van der Waals surface area contributed by atoms with E-state index in [0.717, 1.165) is 43.2 Å². The largest absolute Gasteiger partial charge is 0.370 e. The Hall–Kier alpha value is -2.62. The van der Waals surface area contributed by atoms with E-state index in [1.54, 1.807) is 0 Å². The van der Waals surface area contributed by atoms with Crippen molar-refractivity contribution >= 4 is 11.8 Å². The second-order valence-corrected chi connectivity index (χ2v) is 6.74. The molecule has 4 N–H and O–H groups in total. The van der Waals surface area contributed by atoms with Crippen LogP contribution in [0.4, 0.5) is 0 Å². The van der Waals surface area contributed by atoms with E-state index in [4.69, 9.17) is 11.5 Å². The third kappa shape index (κ3) is 4.94. The fourth-order valence-corrected chi connectivity index (χ4v) is 3.53. The Bertz CT molecular complexity index is 659. The minimum Gasteiger partial charge on any atom is -0.370 e. The first-order valence-corrected chi connectivity index (χ1v) is 9.26. The van der Waals surface area contributed by atoms with Crippen LogP contribution in [-0.4, -0.2) is 11.8 Å². The molecule has 4 nitrogen and oxygen atoms in total. The zero-order valence-electron chi connectivity index (χ0n) is 15.2. The van der Waals surface area contributed by atoms with Crippen molar-refractivity contribution in [3.8, 4) is 0 Å². The normalized spacial score (nSPS) is 11.2. The lowest BCUT2D eigenvalue weighted by molar-refractivity contribution is -0.122. The van der Waals surface area contributed by atoms with Gasteiger partial charge in [-0.15, -0.1) is 0 Å². The van der Waals surface area contributed by atoms with E-state index in [1.165, 1.54) is 0 Å². The Labute approximate surface area is 155 Å². The Kier molecular flexibility index (Phi) is 7.39. The Morgan fingerprint density at radius 1 is 0.692 bits per heavy atom. The molecule has 0 unspecified atom stereocenters. The average Bonchev–Trinajstić information content (AvgIpc) is 2.65. The smallest absolute Gasteiger partial charge is 0.232 e. The number of hydrogen-bond donors (Lipinski definition) is 2. The van der Waals surface area contributed by atoms with Crippen molar-refractivity contribution in [2.75, 3.05) is 0 Å². The topological polar surface area (TPSA) is 86.2 Å². The van der Waals surface area contributed by atoms with Crippen LogP contribution in [-0.2, 0) is 15.0 Å².